The van der Waals surface area contributed by atoms with Crippen molar-refractivity contribution in [2.75, 3.05) is 6.61 Å². The number of ether oxygens (including phenoxy) is 5. The molecule has 0 saturated carbocycles. The molecule has 2 unspecified atom stereocenters. The Hall–Kier alpha value is -0.530. The Morgan fingerprint density at radius 1 is 1.00 bits per heavy atom. The number of carbonyl (C=O) groups is 1. The molecule has 0 N–H and O–H groups in total. The van der Waals surface area contributed by atoms with E-state index in [9.17, 15) is 4.79 Å². The molecule has 0 aromatic heterocycles. The Kier molecular flexibility index (Phi) is 2.60. The van der Waals surface area contributed by atoms with Gasteiger partial charge in [0.05, 0.1) is 6.61 Å². The summed E-state index contributed by atoms with van der Waals surface area (Å²) in [6, 6.07) is 0. The SMILES string of the molecule is CC1(C)OC2OC([C@H]3COC(C)(C)O3)C(=O)[C@H]2O1. The molecule has 3 aliphatic heterocycles. The average Bonchev–Trinajstić information content (AvgIpc) is 2.81. The second kappa shape index (κ2) is 3.74. The molecule has 3 saturated heterocycles. The minimum Gasteiger partial charge on any atom is -0.348 e. The predicted octanol–water partition coefficient (Wildman–Crippen LogP) is 0.583. The van der Waals surface area contributed by atoms with Crippen LogP contribution in [0.15, 0.2) is 0 Å². The molecule has 0 spiro atoms. The highest BCUT2D eigenvalue weighted by Gasteiger charge is 2.57. The van der Waals surface area contributed by atoms with E-state index in [2.05, 4.69) is 0 Å². The zero-order valence-corrected chi connectivity index (χ0v) is 11.0. The van der Waals surface area contributed by atoms with Gasteiger partial charge in [-0.05, 0) is 27.7 Å². The zero-order valence-electron chi connectivity index (χ0n) is 11.0. The molecular formula is C12H18O6. The van der Waals surface area contributed by atoms with Crippen molar-refractivity contribution in [2.45, 2.75) is 63.9 Å². The van der Waals surface area contributed by atoms with Gasteiger partial charge in [0.2, 0.25) is 0 Å². The molecule has 0 aliphatic carbocycles. The highest BCUT2D eigenvalue weighted by Crippen LogP contribution is 2.38. The Balaban J connectivity index is 1.70. The van der Waals surface area contributed by atoms with Crippen LogP contribution in [-0.2, 0) is 28.5 Å². The Labute approximate surface area is 105 Å². The van der Waals surface area contributed by atoms with Gasteiger partial charge in [0, 0.05) is 0 Å². The molecule has 3 rings (SSSR count). The molecule has 3 heterocycles. The van der Waals surface area contributed by atoms with Crippen molar-refractivity contribution < 1.29 is 28.5 Å². The van der Waals surface area contributed by atoms with Gasteiger partial charge in [0.15, 0.2) is 35.9 Å². The van der Waals surface area contributed by atoms with E-state index in [0.29, 0.717) is 6.61 Å². The highest BCUT2D eigenvalue weighted by molar-refractivity contribution is 5.90. The van der Waals surface area contributed by atoms with E-state index in [1.54, 1.807) is 13.8 Å². The van der Waals surface area contributed by atoms with Crippen LogP contribution in [0.1, 0.15) is 27.7 Å². The van der Waals surface area contributed by atoms with Gasteiger partial charge >= 0.3 is 0 Å². The Morgan fingerprint density at radius 3 is 2.28 bits per heavy atom. The molecule has 3 fully saturated rings. The Bertz CT molecular complexity index is 377. The van der Waals surface area contributed by atoms with Crippen LogP contribution in [0.2, 0.25) is 0 Å². The molecule has 102 valence electrons. The summed E-state index contributed by atoms with van der Waals surface area (Å²) in [6.45, 7) is 7.48. The van der Waals surface area contributed by atoms with Crippen LogP contribution in [-0.4, -0.2) is 48.6 Å². The third-order valence-electron chi connectivity index (χ3n) is 3.27. The number of ketones is 1. The summed E-state index contributed by atoms with van der Waals surface area (Å²) < 4.78 is 27.7. The van der Waals surface area contributed by atoms with Crippen LogP contribution in [0.3, 0.4) is 0 Å². The van der Waals surface area contributed by atoms with E-state index < -0.39 is 36.2 Å². The third-order valence-corrected chi connectivity index (χ3v) is 3.27. The van der Waals surface area contributed by atoms with Gasteiger partial charge in [-0.1, -0.05) is 0 Å². The molecule has 4 atom stereocenters. The van der Waals surface area contributed by atoms with E-state index in [1.807, 2.05) is 13.8 Å². The van der Waals surface area contributed by atoms with E-state index in [1.165, 1.54) is 0 Å². The van der Waals surface area contributed by atoms with E-state index >= 15 is 0 Å². The summed E-state index contributed by atoms with van der Waals surface area (Å²) in [7, 11) is 0. The molecule has 0 bridgehead atoms. The minimum absolute atomic E-state index is 0.128. The quantitative estimate of drug-likeness (QED) is 0.685. The van der Waals surface area contributed by atoms with Crippen molar-refractivity contribution in [3.05, 3.63) is 0 Å². The van der Waals surface area contributed by atoms with Crippen LogP contribution >= 0.6 is 0 Å². The van der Waals surface area contributed by atoms with Gasteiger partial charge in [0.25, 0.3) is 0 Å². The first kappa shape index (κ1) is 12.5. The first-order valence-electron chi connectivity index (χ1n) is 6.14. The van der Waals surface area contributed by atoms with Crippen LogP contribution in [0.5, 0.6) is 0 Å². The van der Waals surface area contributed by atoms with Crippen molar-refractivity contribution in [2.24, 2.45) is 0 Å². The van der Waals surface area contributed by atoms with Gasteiger partial charge in [-0.15, -0.1) is 0 Å². The second-order valence-electron chi connectivity index (χ2n) is 5.75. The minimum atomic E-state index is -0.776. The van der Waals surface area contributed by atoms with E-state index in [4.69, 9.17) is 23.7 Å². The lowest BCUT2D eigenvalue weighted by molar-refractivity contribution is -0.219. The summed E-state index contributed by atoms with van der Waals surface area (Å²) in [6.07, 6.45) is -2.35. The van der Waals surface area contributed by atoms with Gasteiger partial charge < -0.3 is 23.7 Å². The molecule has 6 heteroatoms. The number of hydrogen-bond acceptors (Lipinski definition) is 6. The lowest BCUT2D eigenvalue weighted by atomic mass is 10.1. The largest absolute Gasteiger partial charge is 0.348 e. The zero-order chi connectivity index (χ0) is 13.1. The highest BCUT2D eigenvalue weighted by atomic mass is 16.8. The first-order valence-corrected chi connectivity index (χ1v) is 6.14. The predicted molar refractivity (Wildman–Crippen MR) is 58.6 cm³/mol. The maximum atomic E-state index is 12.2. The number of carbonyl (C=O) groups excluding carboxylic acids is 1. The summed E-state index contributed by atoms with van der Waals surface area (Å²) in [5.41, 5.74) is 0. The maximum Gasteiger partial charge on any atom is 0.198 e. The van der Waals surface area contributed by atoms with Crippen LogP contribution in [0.4, 0.5) is 0 Å². The molecule has 6 nitrogen and oxygen atoms in total. The van der Waals surface area contributed by atoms with Crippen LogP contribution < -0.4 is 0 Å². The van der Waals surface area contributed by atoms with Gasteiger partial charge in [0.1, 0.15) is 6.10 Å². The van der Waals surface area contributed by atoms with Crippen molar-refractivity contribution in [1.82, 2.24) is 0 Å². The van der Waals surface area contributed by atoms with Gasteiger partial charge in [-0.2, -0.15) is 0 Å². The van der Waals surface area contributed by atoms with Gasteiger partial charge in [-0.3, -0.25) is 4.79 Å². The number of rotatable bonds is 1. The molecule has 0 radical (unpaired) electrons. The number of fused-ring (bicyclic) bond motifs is 1. The fraction of sp³-hybridized carbons (Fsp3) is 0.917. The van der Waals surface area contributed by atoms with Gasteiger partial charge in [-0.25, -0.2) is 0 Å². The molecule has 0 aromatic carbocycles. The van der Waals surface area contributed by atoms with Crippen molar-refractivity contribution in [3.8, 4) is 0 Å². The van der Waals surface area contributed by atoms with Crippen molar-refractivity contribution in [1.29, 1.82) is 0 Å². The fourth-order valence-electron chi connectivity index (χ4n) is 2.53. The standard InChI is InChI=1S/C12H18O6/c1-11(2)14-5-6(16-11)8-7(13)9-10(15-8)18-12(3,4)17-9/h6,8-10H,5H2,1-4H3/t6-,8?,9-,10?/m1/s1. The summed E-state index contributed by atoms with van der Waals surface area (Å²) in [5, 5.41) is 0. The van der Waals surface area contributed by atoms with E-state index in [0.717, 1.165) is 0 Å². The normalized spacial score (nSPS) is 45.4. The summed E-state index contributed by atoms with van der Waals surface area (Å²) >= 11 is 0. The van der Waals surface area contributed by atoms with Crippen molar-refractivity contribution >= 4 is 5.78 Å². The Morgan fingerprint density at radius 2 is 1.72 bits per heavy atom. The molecule has 18 heavy (non-hydrogen) atoms. The number of hydrogen-bond donors (Lipinski definition) is 0. The molecular weight excluding hydrogens is 240 g/mol. The second-order valence-corrected chi connectivity index (χ2v) is 5.75. The lowest BCUT2D eigenvalue weighted by Crippen LogP contribution is -2.39. The molecule has 0 aromatic rings. The molecule has 0 amide bonds. The smallest absolute Gasteiger partial charge is 0.198 e. The third kappa shape index (κ3) is 1.98. The average molecular weight is 258 g/mol. The summed E-state index contributed by atoms with van der Waals surface area (Å²) in [4.78, 5) is 12.2. The fourth-order valence-corrected chi connectivity index (χ4v) is 2.53. The monoisotopic (exact) mass is 258 g/mol. The lowest BCUT2D eigenvalue weighted by Gasteiger charge is -2.23. The van der Waals surface area contributed by atoms with E-state index in [-0.39, 0.29) is 5.78 Å². The maximum absolute atomic E-state index is 12.2. The first-order chi connectivity index (χ1) is 8.27. The van der Waals surface area contributed by atoms with Crippen molar-refractivity contribution in [3.63, 3.8) is 0 Å². The number of Topliss-reactive ketones (excluding diaryl/α,β-unsaturated/α-hetero) is 1. The van der Waals surface area contributed by atoms with Crippen LogP contribution in [0, 0.1) is 0 Å². The summed E-state index contributed by atoms with van der Waals surface area (Å²) in [5.74, 6) is -1.58. The van der Waals surface area contributed by atoms with Crippen LogP contribution in [0.25, 0.3) is 0 Å². The topological polar surface area (TPSA) is 63.2 Å². The molecule has 3 aliphatic rings.